The van der Waals surface area contributed by atoms with E-state index in [0.29, 0.717) is 10.8 Å². The van der Waals surface area contributed by atoms with Crippen molar-refractivity contribution in [2.45, 2.75) is 6.61 Å². The number of fused-ring (bicyclic) bond motifs is 1. The summed E-state index contributed by atoms with van der Waals surface area (Å²) in [6, 6.07) is 14.4. The first-order valence-corrected chi connectivity index (χ1v) is 7.73. The number of aromatic nitrogens is 2. The van der Waals surface area contributed by atoms with Gasteiger partial charge < -0.3 is 4.74 Å². The van der Waals surface area contributed by atoms with E-state index in [1.807, 2.05) is 24.3 Å². The predicted molar refractivity (Wildman–Crippen MR) is 90.2 cm³/mol. The fourth-order valence-electron chi connectivity index (χ4n) is 2.25. The number of rotatable bonds is 3. The van der Waals surface area contributed by atoms with E-state index in [9.17, 15) is 9.59 Å². The summed E-state index contributed by atoms with van der Waals surface area (Å²) < 4.78 is 7.43. The van der Waals surface area contributed by atoms with Crippen LogP contribution in [-0.2, 0) is 18.4 Å². The van der Waals surface area contributed by atoms with Crippen molar-refractivity contribution in [3.05, 3.63) is 74.6 Å². The van der Waals surface area contributed by atoms with E-state index in [4.69, 9.17) is 4.74 Å². The molecule has 0 radical (unpaired) electrons. The summed E-state index contributed by atoms with van der Waals surface area (Å²) in [5, 5.41) is 4.99. The van der Waals surface area contributed by atoms with Crippen LogP contribution in [0.5, 0.6) is 0 Å². The highest BCUT2D eigenvalue weighted by Gasteiger charge is 2.16. The third-order valence-electron chi connectivity index (χ3n) is 3.43. The number of carbonyl (C=O) groups excluding carboxylic acids is 1. The molecule has 116 valence electrons. The van der Waals surface area contributed by atoms with Crippen LogP contribution >= 0.6 is 15.9 Å². The average molecular weight is 373 g/mol. The highest BCUT2D eigenvalue weighted by atomic mass is 79.9. The molecule has 0 aliphatic heterocycles. The van der Waals surface area contributed by atoms with E-state index in [2.05, 4.69) is 21.0 Å². The van der Waals surface area contributed by atoms with Crippen LogP contribution in [0.3, 0.4) is 0 Å². The highest BCUT2D eigenvalue weighted by molar-refractivity contribution is 9.10. The van der Waals surface area contributed by atoms with Gasteiger partial charge in [0.25, 0.3) is 5.56 Å². The molecule has 23 heavy (non-hydrogen) atoms. The number of hydrogen-bond donors (Lipinski definition) is 0. The van der Waals surface area contributed by atoms with Crippen LogP contribution in [0.1, 0.15) is 16.1 Å². The second kappa shape index (κ2) is 6.34. The Morgan fingerprint density at radius 1 is 1.13 bits per heavy atom. The second-order valence-electron chi connectivity index (χ2n) is 5.03. The summed E-state index contributed by atoms with van der Waals surface area (Å²) in [6.07, 6.45) is 0. The van der Waals surface area contributed by atoms with Gasteiger partial charge in [-0.05, 0) is 23.8 Å². The van der Waals surface area contributed by atoms with Crippen LogP contribution in [-0.4, -0.2) is 15.7 Å². The van der Waals surface area contributed by atoms with Crippen molar-refractivity contribution in [3.8, 4) is 0 Å². The third kappa shape index (κ3) is 3.17. The topological polar surface area (TPSA) is 61.2 Å². The summed E-state index contributed by atoms with van der Waals surface area (Å²) in [5.74, 6) is -0.556. The molecule has 2 aromatic carbocycles. The lowest BCUT2D eigenvalue weighted by Crippen LogP contribution is -2.23. The molecular formula is C17H13BrN2O3. The van der Waals surface area contributed by atoms with E-state index >= 15 is 0 Å². The minimum Gasteiger partial charge on any atom is -0.456 e. The van der Waals surface area contributed by atoms with Gasteiger partial charge in [0.05, 0.1) is 5.39 Å². The Hall–Kier alpha value is -2.47. The number of nitrogens with zero attached hydrogens (tertiary/aromatic N) is 2. The Kier molecular flexibility index (Phi) is 4.25. The van der Waals surface area contributed by atoms with Crippen LogP contribution in [0.2, 0.25) is 0 Å². The number of esters is 1. The molecule has 0 saturated carbocycles. The zero-order valence-corrected chi connectivity index (χ0v) is 13.9. The van der Waals surface area contributed by atoms with Crippen molar-refractivity contribution in [2.75, 3.05) is 0 Å². The number of aryl methyl sites for hydroxylation is 1. The fraction of sp³-hybridized carbons (Fsp3) is 0.118. The Morgan fingerprint density at radius 3 is 2.48 bits per heavy atom. The first-order chi connectivity index (χ1) is 11.1. The van der Waals surface area contributed by atoms with E-state index in [1.54, 1.807) is 24.3 Å². The molecule has 0 atom stereocenters. The Balaban J connectivity index is 1.90. The van der Waals surface area contributed by atoms with Gasteiger partial charge in [0.2, 0.25) is 0 Å². The number of halogens is 1. The Bertz CT molecular complexity index is 933. The van der Waals surface area contributed by atoms with E-state index in [0.717, 1.165) is 14.7 Å². The van der Waals surface area contributed by atoms with Gasteiger partial charge in [-0.2, -0.15) is 5.10 Å². The highest BCUT2D eigenvalue weighted by Crippen LogP contribution is 2.15. The molecule has 0 bridgehead atoms. The van der Waals surface area contributed by atoms with Crippen molar-refractivity contribution >= 4 is 32.7 Å². The molecule has 0 unspecified atom stereocenters. The van der Waals surface area contributed by atoms with E-state index in [-0.39, 0.29) is 17.9 Å². The maximum atomic E-state index is 12.4. The smallest absolute Gasteiger partial charge is 0.359 e. The maximum Gasteiger partial charge on any atom is 0.359 e. The van der Waals surface area contributed by atoms with Crippen molar-refractivity contribution in [1.82, 2.24) is 9.78 Å². The lowest BCUT2D eigenvalue weighted by Gasteiger charge is -2.08. The monoisotopic (exact) mass is 372 g/mol. The van der Waals surface area contributed by atoms with Crippen molar-refractivity contribution < 1.29 is 9.53 Å². The Labute approximate surface area is 140 Å². The van der Waals surface area contributed by atoms with Crippen LogP contribution in [0, 0.1) is 0 Å². The van der Waals surface area contributed by atoms with Gasteiger partial charge in [-0.1, -0.05) is 46.3 Å². The number of carbonyl (C=O) groups is 1. The molecule has 3 aromatic rings. The van der Waals surface area contributed by atoms with Crippen LogP contribution < -0.4 is 5.56 Å². The molecule has 0 amide bonds. The fourth-order valence-corrected chi connectivity index (χ4v) is 2.51. The number of ether oxygens (including phenoxy) is 1. The van der Waals surface area contributed by atoms with Crippen molar-refractivity contribution in [1.29, 1.82) is 0 Å². The molecule has 0 spiro atoms. The van der Waals surface area contributed by atoms with Gasteiger partial charge in [-0.15, -0.1) is 0 Å². The molecule has 0 N–H and O–H groups in total. The molecule has 0 saturated heterocycles. The zero-order valence-electron chi connectivity index (χ0n) is 12.3. The molecule has 5 nitrogen and oxygen atoms in total. The molecule has 3 rings (SSSR count). The molecule has 6 heteroatoms. The molecular weight excluding hydrogens is 360 g/mol. The molecule has 0 aliphatic rings. The van der Waals surface area contributed by atoms with Gasteiger partial charge in [0.1, 0.15) is 6.61 Å². The molecule has 0 aliphatic carbocycles. The van der Waals surface area contributed by atoms with Crippen LogP contribution in [0.4, 0.5) is 0 Å². The summed E-state index contributed by atoms with van der Waals surface area (Å²) in [6.45, 7) is 0.144. The summed E-state index contributed by atoms with van der Waals surface area (Å²) >= 11 is 3.35. The minimum atomic E-state index is -0.556. The van der Waals surface area contributed by atoms with Gasteiger partial charge in [0, 0.05) is 16.9 Å². The zero-order chi connectivity index (χ0) is 16.4. The lowest BCUT2D eigenvalue weighted by molar-refractivity contribution is 0.0465. The number of benzene rings is 2. The predicted octanol–water partition coefficient (Wildman–Crippen LogP) is 3.05. The minimum absolute atomic E-state index is 0.139. The first kappa shape index (κ1) is 15.4. The van der Waals surface area contributed by atoms with Gasteiger partial charge in [0.15, 0.2) is 5.69 Å². The summed E-state index contributed by atoms with van der Waals surface area (Å²) in [4.78, 5) is 24.4. The maximum absolute atomic E-state index is 12.4. The summed E-state index contributed by atoms with van der Waals surface area (Å²) in [7, 11) is 1.51. The van der Waals surface area contributed by atoms with Crippen LogP contribution in [0.15, 0.2) is 57.8 Å². The first-order valence-electron chi connectivity index (χ1n) is 6.94. The number of hydrogen-bond acceptors (Lipinski definition) is 4. The van der Waals surface area contributed by atoms with Crippen LogP contribution in [0.25, 0.3) is 10.8 Å². The standard InChI is InChI=1S/C17H13BrN2O3/c1-20-16(21)14-5-3-2-4-13(14)15(19-20)17(22)23-10-11-6-8-12(18)9-7-11/h2-9H,10H2,1H3. The van der Waals surface area contributed by atoms with Gasteiger partial charge in [-0.25, -0.2) is 9.48 Å². The van der Waals surface area contributed by atoms with Crippen molar-refractivity contribution in [3.63, 3.8) is 0 Å². The Morgan fingerprint density at radius 2 is 1.78 bits per heavy atom. The average Bonchev–Trinajstić information content (AvgIpc) is 2.57. The van der Waals surface area contributed by atoms with Gasteiger partial charge in [-0.3, -0.25) is 4.79 Å². The lowest BCUT2D eigenvalue weighted by atomic mass is 10.1. The SMILES string of the molecule is Cn1nc(C(=O)OCc2ccc(Br)cc2)c2ccccc2c1=O. The quantitative estimate of drug-likeness (QED) is 0.662. The summed E-state index contributed by atoms with van der Waals surface area (Å²) in [5.41, 5.74) is 0.764. The third-order valence-corrected chi connectivity index (χ3v) is 3.96. The largest absolute Gasteiger partial charge is 0.456 e. The van der Waals surface area contributed by atoms with E-state index in [1.165, 1.54) is 7.05 Å². The molecule has 1 aromatic heterocycles. The molecule has 1 heterocycles. The molecule has 0 fully saturated rings. The van der Waals surface area contributed by atoms with Crippen molar-refractivity contribution in [2.24, 2.45) is 7.05 Å². The second-order valence-corrected chi connectivity index (χ2v) is 5.94. The normalized spacial score (nSPS) is 10.7. The van der Waals surface area contributed by atoms with Gasteiger partial charge >= 0.3 is 5.97 Å². The van der Waals surface area contributed by atoms with E-state index < -0.39 is 5.97 Å².